The molecular weight excluding hydrogens is 369 g/mol. The second-order valence-electron chi connectivity index (χ2n) is 9.60. The zero-order valence-corrected chi connectivity index (χ0v) is 18.6. The molecule has 0 bridgehead atoms. The van der Waals surface area contributed by atoms with Gasteiger partial charge in [0.05, 0.1) is 24.3 Å². The van der Waals surface area contributed by atoms with Gasteiger partial charge in [-0.25, -0.2) is 4.79 Å². The number of nitrogens with zero attached hydrogens (tertiary/aromatic N) is 1. The molecule has 0 aliphatic carbocycles. The van der Waals surface area contributed by atoms with Gasteiger partial charge in [-0.2, -0.15) is 0 Å². The summed E-state index contributed by atoms with van der Waals surface area (Å²) in [6, 6.07) is 5.96. The predicted octanol–water partition coefficient (Wildman–Crippen LogP) is 4.46. The van der Waals surface area contributed by atoms with Crippen LogP contribution in [0.4, 0.5) is 4.79 Å². The summed E-state index contributed by atoms with van der Waals surface area (Å²) in [5.41, 5.74) is 0.688. The van der Waals surface area contributed by atoms with Crippen LogP contribution < -0.4 is 4.74 Å². The zero-order chi connectivity index (χ0) is 21.4. The Morgan fingerprint density at radius 2 is 1.83 bits per heavy atom. The lowest BCUT2D eigenvalue weighted by Crippen LogP contribution is -2.41. The van der Waals surface area contributed by atoms with Crippen LogP contribution in [0.3, 0.4) is 0 Å². The molecule has 0 radical (unpaired) electrons. The quantitative estimate of drug-likeness (QED) is 0.685. The molecule has 0 N–H and O–H groups in total. The summed E-state index contributed by atoms with van der Waals surface area (Å²) in [5.74, 6) is 2.71. The molecule has 0 spiro atoms. The average molecular weight is 401 g/mol. The van der Waals surface area contributed by atoms with Crippen molar-refractivity contribution in [1.29, 1.82) is 0 Å². The molecule has 0 atom stereocenters. The molecule has 3 rings (SSSR count). The molecule has 29 heavy (non-hydrogen) atoms. The highest BCUT2D eigenvalue weighted by molar-refractivity contribution is 6.52. The smallest absolute Gasteiger partial charge is 0.487 e. The number of rotatable bonds is 2. The molecule has 0 unspecified atom stereocenters. The van der Waals surface area contributed by atoms with E-state index in [9.17, 15) is 4.79 Å². The highest BCUT2D eigenvalue weighted by atomic mass is 16.7. The van der Waals surface area contributed by atoms with Crippen molar-refractivity contribution in [2.45, 2.75) is 71.8 Å². The van der Waals surface area contributed by atoms with Crippen LogP contribution in [0, 0.1) is 0 Å². The average Bonchev–Trinajstić information content (AvgIpc) is 2.73. The van der Waals surface area contributed by atoms with Crippen molar-refractivity contribution in [1.82, 2.24) is 4.90 Å². The number of hydrogen-bond donors (Lipinski definition) is 0. The van der Waals surface area contributed by atoms with Crippen LogP contribution in [0.5, 0.6) is 5.75 Å². The summed E-state index contributed by atoms with van der Waals surface area (Å²) in [6.07, 6.45) is 1.65. The number of benzene rings is 1. The van der Waals surface area contributed by atoms with Crippen LogP contribution >= 0.6 is 0 Å². The highest BCUT2D eigenvalue weighted by Crippen LogP contribution is 2.37. The van der Waals surface area contributed by atoms with Crippen molar-refractivity contribution in [2.75, 3.05) is 13.2 Å². The summed E-state index contributed by atoms with van der Waals surface area (Å²) in [6.45, 7) is 15.1. The van der Waals surface area contributed by atoms with E-state index in [-0.39, 0.29) is 17.3 Å². The van der Waals surface area contributed by atoms with Crippen molar-refractivity contribution in [2.24, 2.45) is 0 Å². The molecule has 0 saturated carbocycles. The lowest BCUT2D eigenvalue weighted by atomic mass is 9.89. The van der Waals surface area contributed by atoms with Crippen molar-refractivity contribution in [3.8, 4) is 5.75 Å². The lowest BCUT2D eigenvalue weighted by Gasteiger charge is -2.32. The molecule has 2 heterocycles. The van der Waals surface area contributed by atoms with Gasteiger partial charge in [-0.1, -0.05) is 18.1 Å². The van der Waals surface area contributed by atoms with Gasteiger partial charge >= 0.3 is 13.2 Å². The van der Waals surface area contributed by atoms with E-state index in [1.807, 2.05) is 78.7 Å². The normalized spacial score (nSPS) is 20.9. The Bertz CT molecular complexity index is 781. The highest BCUT2D eigenvalue weighted by Gasteiger charge is 2.50. The zero-order valence-electron chi connectivity index (χ0n) is 18.6. The standard InChI is InChI=1S/C22H32BNO5/c1-20(2,3)27-19(25)24-12-13-26-18-9-8-16(14-17(18)15-24)10-11-23-28-21(4,5)22(6,7)29-23/h8-11,14H,12-13,15H2,1-7H3/b11-10+. The van der Waals surface area contributed by atoms with Crippen LogP contribution in [0.2, 0.25) is 0 Å². The molecule has 158 valence electrons. The Morgan fingerprint density at radius 3 is 2.45 bits per heavy atom. The van der Waals surface area contributed by atoms with E-state index < -0.39 is 12.7 Å². The van der Waals surface area contributed by atoms with Gasteiger partial charge in [0, 0.05) is 5.56 Å². The minimum Gasteiger partial charge on any atom is -0.491 e. The fourth-order valence-corrected chi connectivity index (χ4v) is 3.16. The summed E-state index contributed by atoms with van der Waals surface area (Å²) in [5, 5.41) is 0. The first kappa shape index (κ1) is 21.7. The molecule has 2 aliphatic heterocycles. The number of carbonyl (C=O) groups excluding carboxylic acids is 1. The summed E-state index contributed by atoms with van der Waals surface area (Å²) in [4.78, 5) is 14.2. The number of ether oxygens (including phenoxy) is 2. The second kappa shape index (κ2) is 7.69. The largest absolute Gasteiger partial charge is 0.491 e. The third-order valence-electron chi connectivity index (χ3n) is 5.43. The Morgan fingerprint density at radius 1 is 1.17 bits per heavy atom. The monoisotopic (exact) mass is 401 g/mol. The molecule has 1 aromatic carbocycles. The topological polar surface area (TPSA) is 57.2 Å². The Labute approximate surface area is 174 Å². The molecule has 1 saturated heterocycles. The lowest BCUT2D eigenvalue weighted by molar-refractivity contribution is 0.00578. The molecule has 7 heteroatoms. The first-order valence-corrected chi connectivity index (χ1v) is 10.1. The van der Waals surface area contributed by atoms with Gasteiger partial charge in [0.15, 0.2) is 0 Å². The number of hydrogen-bond acceptors (Lipinski definition) is 5. The van der Waals surface area contributed by atoms with Crippen molar-refractivity contribution in [3.63, 3.8) is 0 Å². The van der Waals surface area contributed by atoms with Gasteiger partial charge in [-0.3, -0.25) is 0 Å². The Balaban J connectivity index is 1.73. The molecule has 1 aromatic rings. The third-order valence-corrected chi connectivity index (χ3v) is 5.43. The number of fused-ring (bicyclic) bond motifs is 1. The van der Waals surface area contributed by atoms with E-state index in [1.165, 1.54) is 0 Å². The van der Waals surface area contributed by atoms with Gasteiger partial charge in [0.1, 0.15) is 18.0 Å². The van der Waals surface area contributed by atoms with Crippen molar-refractivity contribution >= 4 is 19.3 Å². The van der Waals surface area contributed by atoms with Crippen LogP contribution in [-0.4, -0.2) is 48.1 Å². The summed E-state index contributed by atoms with van der Waals surface area (Å²) < 4.78 is 23.4. The Kier molecular flexibility index (Phi) is 5.76. The van der Waals surface area contributed by atoms with Crippen molar-refractivity contribution < 1.29 is 23.6 Å². The SMILES string of the molecule is CC(C)(C)OC(=O)N1CCOc2ccc(/C=C/B3OC(C)(C)C(C)(C)O3)cc2C1. The minimum absolute atomic E-state index is 0.327. The van der Waals surface area contributed by atoms with E-state index in [4.69, 9.17) is 18.8 Å². The van der Waals surface area contributed by atoms with Gasteiger partial charge in [-0.15, -0.1) is 0 Å². The number of carbonyl (C=O) groups is 1. The van der Waals surface area contributed by atoms with Crippen molar-refractivity contribution in [3.05, 3.63) is 35.3 Å². The first-order valence-electron chi connectivity index (χ1n) is 10.1. The Hall–Kier alpha value is -1.99. The maximum absolute atomic E-state index is 12.5. The molecule has 1 amide bonds. The number of amides is 1. The van der Waals surface area contributed by atoms with E-state index in [1.54, 1.807) is 4.90 Å². The summed E-state index contributed by atoms with van der Waals surface area (Å²) in [7, 11) is -0.395. The van der Waals surface area contributed by atoms with E-state index in [0.29, 0.717) is 19.7 Å². The van der Waals surface area contributed by atoms with Gasteiger partial charge in [0.25, 0.3) is 0 Å². The fourth-order valence-electron chi connectivity index (χ4n) is 3.16. The van der Waals surface area contributed by atoms with E-state index in [2.05, 4.69) is 0 Å². The maximum atomic E-state index is 12.5. The minimum atomic E-state index is -0.527. The predicted molar refractivity (Wildman–Crippen MR) is 114 cm³/mol. The molecule has 1 fully saturated rings. The molecule has 6 nitrogen and oxygen atoms in total. The third kappa shape index (κ3) is 5.14. The van der Waals surface area contributed by atoms with E-state index >= 15 is 0 Å². The van der Waals surface area contributed by atoms with Crippen LogP contribution in [0.1, 0.15) is 59.6 Å². The fraction of sp³-hybridized carbons (Fsp3) is 0.591. The summed E-state index contributed by atoms with van der Waals surface area (Å²) >= 11 is 0. The van der Waals surface area contributed by atoms with Crippen LogP contribution in [0.25, 0.3) is 6.08 Å². The molecule has 0 aromatic heterocycles. The van der Waals surface area contributed by atoms with Gasteiger partial charge in [0.2, 0.25) is 0 Å². The molecule has 2 aliphatic rings. The first-order chi connectivity index (χ1) is 13.4. The second-order valence-corrected chi connectivity index (χ2v) is 9.60. The van der Waals surface area contributed by atoms with Gasteiger partial charge in [-0.05, 0) is 66.2 Å². The van der Waals surface area contributed by atoms with Crippen LogP contribution in [0.15, 0.2) is 24.2 Å². The van der Waals surface area contributed by atoms with E-state index in [0.717, 1.165) is 16.9 Å². The van der Waals surface area contributed by atoms with Gasteiger partial charge < -0.3 is 23.7 Å². The van der Waals surface area contributed by atoms with Crippen LogP contribution in [-0.2, 0) is 20.6 Å². The maximum Gasteiger partial charge on any atom is 0.487 e. The molecular formula is C22H32BNO5.